The number of carbonyl (C=O) groups is 1. The van der Waals surface area contributed by atoms with Gasteiger partial charge in [0.15, 0.2) is 0 Å². The molecule has 1 unspecified atom stereocenters. The third kappa shape index (κ3) is 5.13. The topological polar surface area (TPSA) is 59.0 Å². The van der Waals surface area contributed by atoms with Crippen molar-refractivity contribution in [1.29, 1.82) is 0 Å². The number of benzene rings is 1. The standard InChI is InChI=1S/C17H25NO4/c1-17(2,3)22-16(20)18-10-4-5-13(11-18)12-21-15-8-6-14(19)7-9-15/h6-9,13,19H,4-5,10-12H2,1-3H3. The molecule has 5 heteroatoms. The number of aromatic hydroxyl groups is 1. The molecule has 1 atom stereocenters. The van der Waals surface area contributed by atoms with Gasteiger partial charge >= 0.3 is 6.09 Å². The lowest BCUT2D eigenvalue weighted by Crippen LogP contribution is -2.44. The predicted octanol–water partition coefficient (Wildman–Crippen LogP) is 3.42. The van der Waals surface area contributed by atoms with Gasteiger partial charge in [0, 0.05) is 19.0 Å². The molecule has 1 fully saturated rings. The van der Waals surface area contributed by atoms with Gasteiger partial charge < -0.3 is 19.5 Å². The van der Waals surface area contributed by atoms with Crippen LogP contribution in [0.5, 0.6) is 11.5 Å². The third-order valence-corrected chi connectivity index (χ3v) is 3.49. The predicted molar refractivity (Wildman–Crippen MR) is 84.1 cm³/mol. The molecule has 1 aliphatic rings. The number of piperidine rings is 1. The molecule has 1 amide bonds. The van der Waals surface area contributed by atoms with E-state index in [4.69, 9.17) is 9.47 Å². The van der Waals surface area contributed by atoms with Crippen LogP contribution in [0.15, 0.2) is 24.3 Å². The number of phenolic OH excluding ortho intramolecular Hbond substituents is 1. The van der Waals surface area contributed by atoms with Crippen LogP contribution in [0.1, 0.15) is 33.6 Å². The number of amides is 1. The minimum absolute atomic E-state index is 0.223. The molecule has 0 spiro atoms. The number of ether oxygens (including phenoxy) is 2. The first-order chi connectivity index (χ1) is 10.3. The molecule has 0 saturated carbocycles. The Kier molecular flexibility index (Phi) is 5.16. The second-order valence-corrected chi connectivity index (χ2v) is 6.74. The summed E-state index contributed by atoms with van der Waals surface area (Å²) in [5.41, 5.74) is -0.466. The second-order valence-electron chi connectivity index (χ2n) is 6.74. The van der Waals surface area contributed by atoms with Crippen molar-refractivity contribution in [3.63, 3.8) is 0 Å². The van der Waals surface area contributed by atoms with Gasteiger partial charge in [0.1, 0.15) is 17.1 Å². The van der Waals surface area contributed by atoms with E-state index in [2.05, 4.69) is 0 Å². The average molecular weight is 307 g/mol. The third-order valence-electron chi connectivity index (χ3n) is 3.49. The van der Waals surface area contributed by atoms with Crippen LogP contribution in [0.4, 0.5) is 4.79 Å². The second kappa shape index (κ2) is 6.90. The highest BCUT2D eigenvalue weighted by Gasteiger charge is 2.27. The Bertz CT molecular complexity index is 492. The van der Waals surface area contributed by atoms with E-state index in [1.807, 2.05) is 20.8 Å². The summed E-state index contributed by atoms with van der Waals surface area (Å²) in [6.45, 7) is 7.59. The Morgan fingerprint density at radius 1 is 1.32 bits per heavy atom. The summed E-state index contributed by atoms with van der Waals surface area (Å²) in [4.78, 5) is 13.9. The van der Waals surface area contributed by atoms with E-state index >= 15 is 0 Å². The monoisotopic (exact) mass is 307 g/mol. The maximum atomic E-state index is 12.1. The largest absolute Gasteiger partial charge is 0.508 e. The average Bonchev–Trinajstić information content (AvgIpc) is 2.45. The fourth-order valence-electron chi connectivity index (χ4n) is 2.45. The van der Waals surface area contributed by atoms with E-state index in [1.54, 1.807) is 29.2 Å². The van der Waals surface area contributed by atoms with Gasteiger partial charge in [-0.3, -0.25) is 0 Å². The van der Waals surface area contributed by atoms with Gasteiger partial charge in [0.2, 0.25) is 0 Å². The summed E-state index contributed by atoms with van der Waals surface area (Å²) in [6.07, 6.45) is 1.75. The van der Waals surface area contributed by atoms with Crippen LogP contribution in [0.2, 0.25) is 0 Å². The molecule has 2 rings (SSSR count). The smallest absolute Gasteiger partial charge is 0.410 e. The lowest BCUT2D eigenvalue weighted by molar-refractivity contribution is 0.0139. The van der Waals surface area contributed by atoms with Crippen LogP contribution in [0, 0.1) is 5.92 Å². The van der Waals surface area contributed by atoms with Crippen LogP contribution in [-0.4, -0.2) is 41.4 Å². The quantitative estimate of drug-likeness (QED) is 0.929. The summed E-state index contributed by atoms with van der Waals surface area (Å²) in [7, 11) is 0. The van der Waals surface area contributed by atoms with Gasteiger partial charge in [0.05, 0.1) is 6.61 Å². The summed E-state index contributed by atoms with van der Waals surface area (Å²) in [6, 6.07) is 6.68. The van der Waals surface area contributed by atoms with Crippen molar-refractivity contribution < 1.29 is 19.4 Å². The number of rotatable bonds is 3. The molecule has 1 N–H and O–H groups in total. The first-order valence-corrected chi connectivity index (χ1v) is 7.73. The van der Waals surface area contributed by atoms with Crippen molar-refractivity contribution >= 4 is 6.09 Å². The zero-order valence-corrected chi connectivity index (χ0v) is 13.5. The van der Waals surface area contributed by atoms with Crippen LogP contribution in [-0.2, 0) is 4.74 Å². The maximum Gasteiger partial charge on any atom is 0.410 e. The van der Waals surface area contributed by atoms with Crippen LogP contribution in [0.3, 0.4) is 0 Å². The first-order valence-electron chi connectivity index (χ1n) is 7.73. The summed E-state index contributed by atoms with van der Waals surface area (Å²) in [5, 5.41) is 9.25. The molecule has 0 bridgehead atoms. The van der Waals surface area contributed by atoms with Gasteiger partial charge in [0.25, 0.3) is 0 Å². The zero-order chi connectivity index (χ0) is 16.2. The van der Waals surface area contributed by atoms with Gasteiger partial charge in [-0.05, 0) is 57.9 Å². The van der Waals surface area contributed by atoms with Gasteiger partial charge in [-0.25, -0.2) is 4.79 Å². The van der Waals surface area contributed by atoms with E-state index in [9.17, 15) is 9.90 Å². The van der Waals surface area contributed by atoms with Crippen molar-refractivity contribution in [1.82, 2.24) is 4.90 Å². The van der Waals surface area contributed by atoms with Gasteiger partial charge in [-0.1, -0.05) is 0 Å². The molecule has 1 aromatic carbocycles. The Hall–Kier alpha value is -1.91. The highest BCUT2D eigenvalue weighted by molar-refractivity contribution is 5.68. The molecule has 1 aromatic rings. The van der Waals surface area contributed by atoms with E-state index in [0.717, 1.165) is 25.1 Å². The summed E-state index contributed by atoms with van der Waals surface area (Å²) in [5.74, 6) is 1.25. The molecule has 0 aliphatic carbocycles. The van der Waals surface area contributed by atoms with Gasteiger partial charge in [-0.15, -0.1) is 0 Å². The highest BCUT2D eigenvalue weighted by atomic mass is 16.6. The van der Waals surface area contributed by atoms with E-state index in [1.165, 1.54) is 0 Å². The fraction of sp³-hybridized carbons (Fsp3) is 0.588. The van der Waals surface area contributed by atoms with Crippen LogP contribution in [0.25, 0.3) is 0 Å². The van der Waals surface area contributed by atoms with Crippen molar-refractivity contribution in [2.75, 3.05) is 19.7 Å². The number of hydrogen-bond acceptors (Lipinski definition) is 4. The number of phenols is 1. The Balaban J connectivity index is 1.82. The van der Waals surface area contributed by atoms with Crippen molar-refractivity contribution in [3.05, 3.63) is 24.3 Å². The van der Waals surface area contributed by atoms with Crippen LogP contribution < -0.4 is 4.74 Å². The van der Waals surface area contributed by atoms with Crippen molar-refractivity contribution in [3.8, 4) is 11.5 Å². The molecule has 1 saturated heterocycles. The Morgan fingerprint density at radius 2 is 2.00 bits per heavy atom. The Morgan fingerprint density at radius 3 is 2.64 bits per heavy atom. The Labute approximate surface area is 131 Å². The lowest BCUT2D eigenvalue weighted by Gasteiger charge is -2.34. The molecule has 1 aliphatic heterocycles. The molecule has 0 radical (unpaired) electrons. The highest BCUT2D eigenvalue weighted by Crippen LogP contribution is 2.22. The molecular formula is C17H25NO4. The molecule has 122 valence electrons. The summed E-state index contributed by atoms with van der Waals surface area (Å²) >= 11 is 0. The van der Waals surface area contributed by atoms with Crippen LogP contribution >= 0.6 is 0 Å². The van der Waals surface area contributed by atoms with Gasteiger partial charge in [-0.2, -0.15) is 0 Å². The minimum atomic E-state index is -0.466. The molecular weight excluding hydrogens is 282 g/mol. The van der Waals surface area contributed by atoms with Crippen molar-refractivity contribution in [2.24, 2.45) is 5.92 Å². The first kappa shape index (κ1) is 16.5. The molecule has 5 nitrogen and oxygen atoms in total. The van der Waals surface area contributed by atoms with Crippen molar-refractivity contribution in [2.45, 2.75) is 39.2 Å². The zero-order valence-electron chi connectivity index (χ0n) is 13.5. The van der Waals surface area contributed by atoms with E-state index < -0.39 is 5.60 Å². The molecule has 1 heterocycles. The number of likely N-dealkylation sites (tertiary alicyclic amines) is 1. The summed E-state index contributed by atoms with van der Waals surface area (Å²) < 4.78 is 11.2. The van der Waals surface area contributed by atoms with E-state index in [-0.39, 0.29) is 11.8 Å². The maximum absolute atomic E-state index is 12.1. The fourth-order valence-corrected chi connectivity index (χ4v) is 2.45. The molecule has 0 aromatic heterocycles. The SMILES string of the molecule is CC(C)(C)OC(=O)N1CCCC(COc2ccc(O)cc2)C1. The molecule has 22 heavy (non-hydrogen) atoms. The number of nitrogens with zero attached hydrogens (tertiary/aromatic N) is 1. The number of carbonyl (C=O) groups excluding carboxylic acids is 1. The lowest BCUT2D eigenvalue weighted by atomic mass is 9.99. The number of hydrogen-bond donors (Lipinski definition) is 1. The van der Waals surface area contributed by atoms with E-state index in [0.29, 0.717) is 19.1 Å². The normalized spacial score (nSPS) is 18.9. The minimum Gasteiger partial charge on any atom is -0.508 e.